The van der Waals surface area contributed by atoms with E-state index in [1.54, 1.807) is 12.3 Å². The minimum Gasteiger partial charge on any atom is -0.342 e. The van der Waals surface area contributed by atoms with Crippen molar-refractivity contribution in [2.45, 2.75) is 36.6 Å². The van der Waals surface area contributed by atoms with E-state index >= 15 is 0 Å². The summed E-state index contributed by atoms with van der Waals surface area (Å²) >= 11 is 0. The summed E-state index contributed by atoms with van der Waals surface area (Å²) in [5.41, 5.74) is 0.736. The standard InChI is InChI=1S/C23H29N5O4S/c29-22(18-8-15-28(16-9-18)33(31,32)21-7-4-12-24-17-21)27-13-10-20(11-14-27)26-23(30)25-19-5-2-1-3-6-19/h1-7,12,17-18,20H,8-11,13-16H2,(H2,25,26,30). The first-order valence-corrected chi connectivity index (χ1v) is 12.7. The van der Waals surface area contributed by atoms with Crippen molar-refractivity contribution in [1.82, 2.24) is 19.5 Å². The maximum Gasteiger partial charge on any atom is 0.319 e. The molecule has 9 nitrogen and oxygen atoms in total. The van der Waals surface area contributed by atoms with Crippen molar-refractivity contribution in [3.63, 3.8) is 0 Å². The van der Waals surface area contributed by atoms with Crippen LogP contribution in [0.25, 0.3) is 0 Å². The highest BCUT2D eigenvalue weighted by Crippen LogP contribution is 2.26. The fourth-order valence-electron chi connectivity index (χ4n) is 4.37. The number of aromatic nitrogens is 1. The summed E-state index contributed by atoms with van der Waals surface area (Å²) < 4.78 is 27.0. The van der Waals surface area contributed by atoms with Gasteiger partial charge in [-0.25, -0.2) is 13.2 Å². The molecule has 2 aliphatic rings. The Morgan fingerprint density at radius 1 is 0.909 bits per heavy atom. The summed E-state index contributed by atoms with van der Waals surface area (Å²) in [6.07, 6.45) is 5.31. The SMILES string of the molecule is O=C(Nc1ccccc1)NC1CCN(C(=O)C2CCN(S(=O)(=O)c3cccnc3)CC2)CC1. The lowest BCUT2D eigenvalue weighted by Gasteiger charge is -2.37. The van der Waals surface area contributed by atoms with Crippen LogP contribution in [0, 0.1) is 5.92 Å². The zero-order chi connectivity index (χ0) is 23.3. The van der Waals surface area contributed by atoms with Gasteiger partial charge in [0.1, 0.15) is 4.90 Å². The molecule has 33 heavy (non-hydrogen) atoms. The molecule has 1 aromatic carbocycles. The predicted molar refractivity (Wildman–Crippen MR) is 124 cm³/mol. The Morgan fingerprint density at radius 2 is 1.61 bits per heavy atom. The molecular formula is C23H29N5O4S. The number of piperidine rings is 2. The van der Waals surface area contributed by atoms with Gasteiger partial charge in [-0.05, 0) is 49.9 Å². The fraction of sp³-hybridized carbons (Fsp3) is 0.435. The van der Waals surface area contributed by atoms with Crippen molar-refractivity contribution in [3.8, 4) is 0 Å². The number of para-hydroxylation sites is 1. The zero-order valence-electron chi connectivity index (χ0n) is 18.4. The van der Waals surface area contributed by atoms with Crippen molar-refractivity contribution in [3.05, 3.63) is 54.9 Å². The van der Waals surface area contributed by atoms with E-state index in [1.165, 1.54) is 16.6 Å². The Kier molecular flexibility index (Phi) is 7.24. The first kappa shape index (κ1) is 23.2. The lowest BCUT2D eigenvalue weighted by molar-refractivity contribution is -0.137. The van der Waals surface area contributed by atoms with Crippen LogP contribution in [0.3, 0.4) is 0 Å². The zero-order valence-corrected chi connectivity index (χ0v) is 19.2. The van der Waals surface area contributed by atoms with Crippen LogP contribution in [0.1, 0.15) is 25.7 Å². The molecule has 176 valence electrons. The number of rotatable bonds is 5. The molecule has 0 saturated carbocycles. The summed E-state index contributed by atoms with van der Waals surface area (Å²) in [6, 6.07) is 12.2. The average molecular weight is 472 g/mol. The number of urea groups is 1. The number of hydrogen-bond acceptors (Lipinski definition) is 5. The second kappa shape index (κ2) is 10.3. The number of sulfonamides is 1. The third kappa shape index (κ3) is 5.69. The highest BCUT2D eigenvalue weighted by molar-refractivity contribution is 7.89. The van der Waals surface area contributed by atoms with Crippen LogP contribution < -0.4 is 10.6 Å². The number of anilines is 1. The van der Waals surface area contributed by atoms with Gasteiger partial charge < -0.3 is 15.5 Å². The molecule has 1 aromatic heterocycles. The molecule has 2 aliphatic heterocycles. The monoisotopic (exact) mass is 471 g/mol. The number of nitrogens with zero attached hydrogens (tertiary/aromatic N) is 3. The van der Waals surface area contributed by atoms with Gasteiger partial charge in [0.05, 0.1) is 0 Å². The fourth-order valence-corrected chi connectivity index (χ4v) is 5.80. The van der Waals surface area contributed by atoms with Crippen LogP contribution in [0.4, 0.5) is 10.5 Å². The Bertz CT molecular complexity index is 1050. The molecule has 0 unspecified atom stereocenters. The number of benzene rings is 1. The highest BCUT2D eigenvalue weighted by Gasteiger charge is 2.35. The van der Waals surface area contributed by atoms with E-state index in [4.69, 9.17) is 0 Å². The van der Waals surface area contributed by atoms with Crippen molar-refractivity contribution in [2.24, 2.45) is 5.92 Å². The van der Waals surface area contributed by atoms with Gasteiger partial charge in [0.2, 0.25) is 15.9 Å². The van der Waals surface area contributed by atoms with Crippen LogP contribution in [-0.4, -0.2) is 66.8 Å². The number of carbonyl (C=O) groups is 2. The number of amides is 3. The van der Waals surface area contributed by atoms with Crippen LogP contribution in [0.2, 0.25) is 0 Å². The molecule has 2 fully saturated rings. The van der Waals surface area contributed by atoms with Crippen LogP contribution in [0.15, 0.2) is 59.8 Å². The number of hydrogen-bond donors (Lipinski definition) is 2. The number of likely N-dealkylation sites (tertiary alicyclic amines) is 1. The molecule has 10 heteroatoms. The minimum absolute atomic E-state index is 0.0178. The lowest BCUT2D eigenvalue weighted by atomic mass is 9.95. The smallest absolute Gasteiger partial charge is 0.319 e. The van der Waals surface area contributed by atoms with Crippen molar-refractivity contribution < 1.29 is 18.0 Å². The molecule has 2 aromatic rings. The van der Waals surface area contributed by atoms with Gasteiger partial charge in [0, 0.05) is 56.2 Å². The lowest BCUT2D eigenvalue weighted by Crippen LogP contribution is -2.50. The summed E-state index contributed by atoms with van der Waals surface area (Å²) in [5, 5.41) is 5.79. The first-order valence-electron chi connectivity index (χ1n) is 11.2. The molecule has 4 rings (SSSR count). The molecule has 0 bridgehead atoms. The normalized spacial score (nSPS) is 18.6. The van der Waals surface area contributed by atoms with E-state index in [0.717, 1.165) is 5.69 Å². The van der Waals surface area contributed by atoms with Crippen LogP contribution in [0.5, 0.6) is 0 Å². The van der Waals surface area contributed by atoms with Gasteiger partial charge in [-0.1, -0.05) is 18.2 Å². The second-order valence-electron chi connectivity index (χ2n) is 8.43. The molecule has 0 atom stereocenters. The first-order chi connectivity index (χ1) is 15.9. The van der Waals surface area contributed by atoms with E-state index < -0.39 is 10.0 Å². The second-order valence-corrected chi connectivity index (χ2v) is 10.4. The summed E-state index contributed by atoms with van der Waals surface area (Å²) in [4.78, 5) is 31.1. The van der Waals surface area contributed by atoms with Crippen molar-refractivity contribution >= 4 is 27.6 Å². The molecule has 0 spiro atoms. The summed E-state index contributed by atoms with van der Waals surface area (Å²) in [6.45, 7) is 1.82. The van der Waals surface area contributed by atoms with Crippen molar-refractivity contribution in [1.29, 1.82) is 0 Å². The highest BCUT2D eigenvalue weighted by atomic mass is 32.2. The molecule has 3 amide bonds. The van der Waals surface area contributed by atoms with Gasteiger partial charge in [-0.15, -0.1) is 0 Å². The van der Waals surface area contributed by atoms with Crippen molar-refractivity contribution in [2.75, 3.05) is 31.5 Å². The molecule has 3 heterocycles. The number of nitrogens with one attached hydrogen (secondary N) is 2. The predicted octanol–water partition coefficient (Wildman–Crippen LogP) is 2.29. The van der Waals surface area contributed by atoms with Gasteiger partial charge >= 0.3 is 6.03 Å². The van der Waals surface area contributed by atoms with E-state index in [2.05, 4.69) is 15.6 Å². The maximum absolute atomic E-state index is 13.0. The molecular weight excluding hydrogens is 442 g/mol. The summed E-state index contributed by atoms with van der Waals surface area (Å²) in [5.74, 6) is -0.0863. The Labute approximate surface area is 194 Å². The maximum atomic E-state index is 13.0. The third-order valence-electron chi connectivity index (χ3n) is 6.25. The van der Waals surface area contributed by atoms with E-state index in [1.807, 2.05) is 35.2 Å². The van der Waals surface area contributed by atoms with E-state index in [-0.39, 0.29) is 28.8 Å². The van der Waals surface area contributed by atoms with Gasteiger partial charge in [-0.3, -0.25) is 9.78 Å². The van der Waals surface area contributed by atoms with E-state index in [0.29, 0.717) is 51.9 Å². The van der Waals surface area contributed by atoms with E-state index in [9.17, 15) is 18.0 Å². The Balaban J connectivity index is 1.22. The molecule has 0 aliphatic carbocycles. The molecule has 2 N–H and O–H groups in total. The largest absolute Gasteiger partial charge is 0.342 e. The minimum atomic E-state index is -3.58. The van der Waals surface area contributed by atoms with Crippen LogP contribution >= 0.6 is 0 Å². The van der Waals surface area contributed by atoms with Crippen LogP contribution in [-0.2, 0) is 14.8 Å². The van der Waals surface area contributed by atoms with Gasteiger partial charge in [0.25, 0.3) is 0 Å². The third-order valence-corrected chi connectivity index (χ3v) is 8.13. The summed E-state index contributed by atoms with van der Waals surface area (Å²) in [7, 11) is -3.58. The number of carbonyl (C=O) groups excluding carboxylic acids is 2. The average Bonchev–Trinajstić information content (AvgIpc) is 2.85. The quantitative estimate of drug-likeness (QED) is 0.695. The number of pyridine rings is 1. The Morgan fingerprint density at radius 3 is 2.24 bits per heavy atom. The molecule has 2 saturated heterocycles. The van der Waals surface area contributed by atoms with Gasteiger partial charge in [-0.2, -0.15) is 4.31 Å². The molecule has 0 radical (unpaired) electrons. The van der Waals surface area contributed by atoms with Gasteiger partial charge in [0.15, 0.2) is 0 Å². The Hall–Kier alpha value is -2.98. The topological polar surface area (TPSA) is 112 Å².